The Morgan fingerprint density at radius 3 is 2.56 bits per heavy atom. The maximum absolute atomic E-state index is 13.5. The van der Waals surface area contributed by atoms with Gasteiger partial charge in [-0.05, 0) is 90.8 Å². The van der Waals surface area contributed by atoms with Crippen molar-refractivity contribution in [2.45, 2.75) is 83.8 Å². The SMILES string of the molecule is CC[C@H]1C[C@H](COCC2CCCCC2)N(Cc2ccc(C(=O)N[C@@H](CCSC)C(=O)O)c(-c3ccccc3C)c2)C1. The van der Waals surface area contributed by atoms with Crippen molar-refractivity contribution in [3.63, 3.8) is 0 Å². The van der Waals surface area contributed by atoms with E-state index < -0.39 is 12.0 Å². The van der Waals surface area contributed by atoms with Gasteiger partial charge in [-0.1, -0.05) is 62.9 Å². The summed E-state index contributed by atoms with van der Waals surface area (Å²) in [5.74, 6) is 0.717. The summed E-state index contributed by atoms with van der Waals surface area (Å²) in [5, 5.41) is 12.5. The molecule has 2 aromatic rings. The zero-order valence-electron chi connectivity index (χ0n) is 25.1. The van der Waals surface area contributed by atoms with Gasteiger partial charge in [0.1, 0.15) is 6.04 Å². The number of benzene rings is 2. The maximum Gasteiger partial charge on any atom is 0.326 e. The van der Waals surface area contributed by atoms with Crippen LogP contribution in [-0.2, 0) is 16.1 Å². The number of carbonyl (C=O) groups is 2. The molecule has 41 heavy (non-hydrogen) atoms. The van der Waals surface area contributed by atoms with E-state index in [0.717, 1.165) is 54.5 Å². The number of carboxylic acids is 1. The number of amides is 1. The second kappa shape index (κ2) is 15.8. The van der Waals surface area contributed by atoms with E-state index in [1.807, 2.05) is 49.6 Å². The summed E-state index contributed by atoms with van der Waals surface area (Å²) in [5.41, 5.74) is 4.60. The fourth-order valence-corrected chi connectivity index (χ4v) is 6.90. The Bertz CT molecular complexity index is 1150. The van der Waals surface area contributed by atoms with Crippen LogP contribution in [0.5, 0.6) is 0 Å². The van der Waals surface area contributed by atoms with Crippen LogP contribution in [0.2, 0.25) is 0 Å². The van der Waals surface area contributed by atoms with Crippen LogP contribution in [0.3, 0.4) is 0 Å². The third-order valence-electron chi connectivity index (χ3n) is 8.94. The monoisotopic (exact) mass is 580 g/mol. The second-order valence-electron chi connectivity index (χ2n) is 12.0. The van der Waals surface area contributed by atoms with Crippen molar-refractivity contribution in [1.29, 1.82) is 0 Å². The van der Waals surface area contributed by atoms with Crippen molar-refractivity contribution in [3.8, 4) is 11.1 Å². The van der Waals surface area contributed by atoms with E-state index in [0.29, 0.717) is 29.7 Å². The van der Waals surface area contributed by atoms with Crippen molar-refractivity contribution < 1.29 is 19.4 Å². The summed E-state index contributed by atoms with van der Waals surface area (Å²) in [4.78, 5) is 27.9. The normalized spacial score (nSPS) is 20.7. The van der Waals surface area contributed by atoms with Gasteiger partial charge in [-0.2, -0.15) is 11.8 Å². The van der Waals surface area contributed by atoms with Gasteiger partial charge in [0, 0.05) is 31.3 Å². The molecule has 0 spiro atoms. The number of ether oxygens (including phenoxy) is 1. The van der Waals surface area contributed by atoms with Crippen LogP contribution in [0, 0.1) is 18.8 Å². The molecule has 3 atom stereocenters. The highest BCUT2D eigenvalue weighted by Crippen LogP contribution is 2.32. The fourth-order valence-electron chi connectivity index (χ4n) is 6.43. The average molecular weight is 581 g/mol. The quantitative estimate of drug-likeness (QED) is 0.256. The number of likely N-dealkylation sites (tertiary alicyclic amines) is 1. The van der Waals surface area contributed by atoms with Gasteiger partial charge in [0.05, 0.1) is 6.61 Å². The van der Waals surface area contributed by atoms with Crippen LogP contribution in [0.1, 0.15) is 79.8 Å². The molecule has 0 aromatic heterocycles. The van der Waals surface area contributed by atoms with Crippen molar-refractivity contribution in [2.24, 2.45) is 11.8 Å². The van der Waals surface area contributed by atoms with Crippen LogP contribution >= 0.6 is 11.8 Å². The summed E-state index contributed by atoms with van der Waals surface area (Å²) < 4.78 is 6.32. The Hall–Kier alpha value is -2.35. The topological polar surface area (TPSA) is 78.9 Å². The molecule has 2 aliphatic rings. The summed E-state index contributed by atoms with van der Waals surface area (Å²) in [6.45, 7) is 7.86. The predicted octanol–water partition coefficient (Wildman–Crippen LogP) is 6.80. The summed E-state index contributed by atoms with van der Waals surface area (Å²) in [7, 11) is 0. The minimum Gasteiger partial charge on any atom is -0.480 e. The van der Waals surface area contributed by atoms with E-state index in [4.69, 9.17) is 4.74 Å². The molecule has 0 unspecified atom stereocenters. The van der Waals surface area contributed by atoms with Crippen LogP contribution < -0.4 is 5.32 Å². The van der Waals surface area contributed by atoms with Gasteiger partial charge in [0.25, 0.3) is 5.91 Å². The number of carbonyl (C=O) groups excluding carboxylic acids is 1. The lowest BCUT2D eigenvalue weighted by atomic mass is 9.90. The summed E-state index contributed by atoms with van der Waals surface area (Å²) >= 11 is 1.57. The lowest BCUT2D eigenvalue weighted by molar-refractivity contribution is -0.139. The second-order valence-corrected chi connectivity index (χ2v) is 13.0. The lowest BCUT2D eigenvalue weighted by Gasteiger charge is -2.27. The van der Waals surface area contributed by atoms with E-state index in [9.17, 15) is 14.7 Å². The van der Waals surface area contributed by atoms with Gasteiger partial charge < -0.3 is 15.2 Å². The van der Waals surface area contributed by atoms with Crippen LogP contribution in [-0.4, -0.2) is 65.7 Å². The summed E-state index contributed by atoms with van der Waals surface area (Å²) in [6, 6.07) is 13.6. The molecule has 2 aromatic carbocycles. The third-order valence-corrected chi connectivity index (χ3v) is 9.59. The number of aliphatic carboxylic acids is 1. The average Bonchev–Trinajstić information content (AvgIpc) is 3.37. The van der Waals surface area contributed by atoms with E-state index in [2.05, 4.69) is 23.2 Å². The molecule has 2 N–H and O–H groups in total. The summed E-state index contributed by atoms with van der Waals surface area (Å²) in [6.07, 6.45) is 11.3. The fraction of sp³-hybridized carbons (Fsp3) is 0.588. The highest BCUT2D eigenvalue weighted by Gasteiger charge is 2.32. The number of hydrogen-bond acceptors (Lipinski definition) is 5. The van der Waals surface area contributed by atoms with E-state index in [-0.39, 0.29) is 5.91 Å². The largest absolute Gasteiger partial charge is 0.480 e. The first-order valence-corrected chi connectivity index (χ1v) is 16.8. The molecule has 7 heteroatoms. The number of thioether (sulfide) groups is 1. The smallest absolute Gasteiger partial charge is 0.326 e. The molecule has 1 amide bonds. The molecule has 6 nitrogen and oxygen atoms in total. The van der Waals surface area contributed by atoms with Gasteiger partial charge in [0.15, 0.2) is 0 Å². The third kappa shape index (κ3) is 8.82. The van der Waals surface area contributed by atoms with E-state index >= 15 is 0 Å². The molecule has 224 valence electrons. The number of aryl methyl sites for hydroxylation is 1. The van der Waals surface area contributed by atoms with Gasteiger partial charge in [-0.15, -0.1) is 0 Å². The molecule has 1 saturated carbocycles. The molecule has 4 rings (SSSR count). The van der Waals surface area contributed by atoms with Crippen molar-refractivity contribution in [1.82, 2.24) is 10.2 Å². The van der Waals surface area contributed by atoms with Crippen LogP contribution in [0.15, 0.2) is 42.5 Å². The Balaban J connectivity index is 1.53. The van der Waals surface area contributed by atoms with Crippen molar-refractivity contribution in [2.75, 3.05) is 31.8 Å². The Morgan fingerprint density at radius 1 is 1.07 bits per heavy atom. The minimum absolute atomic E-state index is 0.343. The van der Waals surface area contributed by atoms with E-state index in [1.165, 1.54) is 44.9 Å². The van der Waals surface area contributed by atoms with Crippen LogP contribution in [0.4, 0.5) is 0 Å². The first-order valence-electron chi connectivity index (χ1n) is 15.4. The Kier molecular flexibility index (Phi) is 12.1. The number of rotatable bonds is 14. The Morgan fingerprint density at radius 2 is 1.85 bits per heavy atom. The molecule has 2 fully saturated rings. The number of carboxylic acid groups (broad SMARTS) is 1. The van der Waals surface area contributed by atoms with Gasteiger partial charge in [-0.3, -0.25) is 9.69 Å². The highest BCUT2D eigenvalue weighted by molar-refractivity contribution is 7.98. The molecule has 0 bridgehead atoms. The van der Waals surface area contributed by atoms with Gasteiger partial charge >= 0.3 is 5.97 Å². The lowest BCUT2D eigenvalue weighted by Crippen LogP contribution is -2.41. The van der Waals surface area contributed by atoms with Crippen molar-refractivity contribution >= 4 is 23.6 Å². The van der Waals surface area contributed by atoms with E-state index in [1.54, 1.807) is 11.8 Å². The zero-order valence-corrected chi connectivity index (χ0v) is 25.9. The molecule has 0 radical (unpaired) electrons. The number of hydrogen-bond donors (Lipinski definition) is 2. The molecular weight excluding hydrogens is 532 g/mol. The molecule has 1 aliphatic carbocycles. The number of nitrogens with zero attached hydrogens (tertiary/aromatic N) is 1. The number of nitrogens with one attached hydrogen (secondary N) is 1. The predicted molar refractivity (Wildman–Crippen MR) is 168 cm³/mol. The van der Waals surface area contributed by atoms with Crippen molar-refractivity contribution in [3.05, 3.63) is 59.2 Å². The standard InChI is InChI=1S/C34H48N2O4S/c1-4-25-18-28(23-40-22-26-11-6-5-7-12-26)36(20-25)21-27-14-15-30(31(19-27)29-13-9-8-10-24(29)2)33(37)35-32(34(38)39)16-17-41-3/h8-10,13-15,19,25-26,28,32H,4-7,11-12,16-18,20-23H2,1-3H3,(H,35,37)(H,38,39)/t25-,28+,32-/m0/s1. The van der Waals surface area contributed by atoms with Gasteiger partial charge in [-0.25, -0.2) is 4.79 Å². The van der Waals surface area contributed by atoms with Gasteiger partial charge in [0.2, 0.25) is 0 Å². The molecule has 1 aliphatic heterocycles. The highest BCUT2D eigenvalue weighted by atomic mass is 32.2. The molecular formula is C34H48N2O4S. The zero-order chi connectivity index (χ0) is 29.2. The minimum atomic E-state index is -1.00. The first kappa shape index (κ1) is 31.6. The molecule has 1 heterocycles. The van der Waals surface area contributed by atoms with Crippen LogP contribution in [0.25, 0.3) is 11.1 Å². The molecule has 1 saturated heterocycles. The Labute approximate surface area is 250 Å². The first-order chi connectivity index (χ1) is 19.9. The maximum atomic E-state index is 13.5.